The zero-order valence-corrected chi connectivity index (χ0v) is 10.5. The van der Waals surface area contributed by atoms with Crippen LogP contribution in [0.3, 0.4) is 0 Å². The zero-order chi connectivity index (χ0) is 13.2. The highest BCUT2D eigenvalue weighted by Crippen LogP contribution is 2.35. The number of hydrogen-bond donors (Lipinski definition) is 1. The van der Waals surface area contributed by atoms with E-state index < -0.39 is 5.97 Å². The molecule has 2 aromatic heterocycles. The number of aromatic carboxylic acids is 1. The number of nitrogens with zero attached hydrogens (tertiary/aromatic N) is 3. The smallest absolute Gasteiger partial charge is 0.339 e. The number of carboxylic acid groups (broad SMARTS) is 1. The first-order chi connectivity index (χ1) is 9.25. The van der Waals surface area contributed by atoms with Crippen molar-refractivity contribution in [1.82, 2.24) is 14.8 Å². The average molecular weight is 257 g/mol. The molecule has 0 saturated heterocycles. The molecule has 5 nitrogen and oxygen atoms in total. The van der Waals surface area contributed by atoms with Crippen molar-refractivity contribution in [2.24, 2.45) is 0 Å². The maximum Gasteiger partial charge on any atom is 0.339 e. The molecule has 5 heteroatoms. The normalized spacial score (nSPS) is 15.8. The summed E-state index contributed by atoms with van der Waals surface area (Å²) in [7, 11) is 0. The zero-order valence-electron chi connectivity index (χ0n) is 10.5. The first-order valence-corrected chi connectivity index (χ1v) is 6.50. The second-order valence-electron chi connectivity index (χ2n) is 4.85. The maximum atomic E-state index is 11.3. The molecule has 0 spiro atoms. The number of aromatic nitrogens is 3. The molecule has 98 valence electrons. The van der Waals surface area contributed by atoms with Gasteiger partial charge in [0.15, 0.2) is 5.82 Å². The van der Waals surface area contributed by atoms with Crippen molar-refractivity contribution < 1.29 is 9.90 Å². The Hall–Kier alpha value is -2.17. The van der Waals surface area contributed by atoms with E-state index in [4.69, 9.17) is 0 Å². The highest BCUT2D eigenvalue weighted by Gasteiger charge is 2.26. The van der Waals surface area contributed by atoms with Crippen molar-refractivity contribution in [2.45, 2.75) is 31.6 Å². The lowest BCUT2D eigenvalue weighted by molar-refractivity contribution is 0.0695. The molecule has 0 unspecified atom stereocenters. The topological polar surface area (TPSA) is 68.0 Å². The van der Waals surface area contributed by atoms with Crippen LogP contribution < -0.4 is 0 Å². The molecule has 0 bridgehead atoms. The van der Waals surface area contributed by atoms with Crippen molar-refractivity contribution >= 4 is 5.97 Å². The minimum absolute atomic E-state index is 0.274. The van der Waals surface area contributed by atoms with Crippen LogP contribution >= 0.6 is 0 Å². The Morgan fingerprint density at radius 1 is 1.32 bits per heavy atom. The van der Waals surface area contributed by atoms with Crippen molar-refractivity contribution in [1.29, 1.82) is 0 Å². The molecule has 2 aromatic rings. The van der Waals surface area contributed by atoms with Crippen LogP contribution in [0.4, 0.5) is 0 Å². The summed E-state index contributed by atoms with van der Waals surface area (Å²) < 4.78 is 1.57. The minimum Gasteiger partial charge on any atom is -0.478 e. The second-order valence-corrected chi connectivity index (χ2v) is 4.85. The number of pyridine rings is 1. The van der Waals surface area contributed by atoms with E-state index >= 15 is 0 Å². The molecule has 1 fully saturated rings. The van der Waals surface area contributed by atoms with Crippen molar-refractivity contribution in [2.75, 3.05) is 0 Å². The SMILES string of the molecule is O=C(O)c1cn(-c2ccccn2)nc1C1CCCC1. The molecule has 2 heterocycles. The minimum atomic E-state index is -0.913. The molecule has 0 radical (unpaired) electrons. The van der Waals surface area contributed by atoms with Gasteiger partial charge in [0, 0.05) is 18.3 Å². The Balaban J connectivity index is 2.04. The Kier molecular flexibility index (Phi) is 3.03. The largest absolute Gasteiger partial charge is 0.478 e. The first-order valence-electron chi connectivity index (χ1n) is 6.50. The fraction of sp³-hybridized carbons (Fsp3) is 0.357. The Morgan fingerprint density at radius 2 is 2.11 bits per heavy atom. The quantitative estimate of drug-likeness (QED) is 0.917. The highest BCUT2D eigenvalue weighted by molar-refractivity contribution is 5.89. The number of carboxylic acids is 1. The molecule has 0 aromatic carbocycles. The van der Waals surface area contributed by atoms with Crippen LogP contribution in [-0.4, -0.2) is 25.8 Å². The second kappa shape index (κ2) is 4.84. The molecule has 19 heavy (non-hydrogen) atoms. The number of hydrogen-bond acceptors (Lipinski definition) is 3. The molecular weight excluding hydrogens is 242 g/mol. The van der Waals surface area contributed by atoms with Gasteiger partial charge in [-0.2, -0.15) is 5.10 Å². The molecule has 1 aliphatic carbocycles. The standard InChI is InChI=1S/C14H15N3O2/c18-14(19)11-9-17(12-7-3-4-8-15-12)16-13(11)10-5-1-2-6-10/h3-4,7-10H,1-2,5-6H2,(H,18,19). The van der Waals surface area contributed by atoms with Gasteiger partial charge in [0.05, 0.1) is 5.69 Å². The van der Waals surface area contributed by atoms with Crippen molar-refractivity contribution in [3.05, 3.63) is 41.9 Å². The Labute approximate surface area is 110 Å². The molecule has 1 saturated carbocycles. The van der Waals surface area contributed by atoms with Crippen LogP contribution in [0.2, 0.25) is 0 Å². The van der Waals surface area contributed by atoms with Gasteiger partial charge in [0.2, 0.25) is 0 Å². The molecule has 1 aliphatic rings. The van der Waals surface area contributed by atoms with Crippen LogP contribution in [-0.2, 0) is 0 Å². The lowest BCUT2D eigenvalue weighted by atomic mass is 10.0. The number of carbonyl (C=O) groups is 1. The van der Waals surface area contributed by atoms with Crippen LogP contribution in [0.5, 0.6) is 0 Å². The lowest BCUT2D eigenvalue weighted by Crippen LogP contribution is -2.03. The monoisotopic (exact) mass is 257 g/mol. The van der Waals surface area contributed by atoms with Crippen LogP contribution in [0.1, 0.15) is 47.7 Å². The van der Waals surface area contributed by atoms with E-state index in [2.05, 4.69) is 10.1 Å². The van der Waals surface area contributed by atoms with E-state index in [-0.39, 0.29) is 5.92 Å². The van der Waals surface area contributed by atoms with Gasteiger partial charge in [0.25, 0.3) is 0 Å². The maximum absolute atomic E-state index is 11.3. The summed E-state index contributed by atoms with van der Waals surface area (Å²) in [6, 6.07) is 5.50. The predicted molar refractivity (Wildman–Crippen MR) is 69.5 cm³/mol. The van der Waals surface area contributed by atoms with Gasteiger partial charge in [-0.15, -0.1) is 0 Å². The fourth-order valence-corrected chi connectivity index (χ4v) is 2.66. The van der Waals surface area contributed by atoms with Gasteiger partial charge < -0.3 is 5.11 Å². The van der Waals surface area contributed by atoms with Gasteiger partial charge >= 0.3 is 5.97 Å². The third-order valence-corrected chi connectivity index (χ3v) is 3.60. The first kappa shape index (κ1) is 11.9. The Morgan fingerprint density at radius 3 is 2.74 bits per heavy atom. The average Bonchev–Trinajstić information content (AvgIpc) is 3.08. The third kappa shape index (κ3) is 2.23. The van der Waals surface area contributed by atoms with Gasteiger partial charge in [-0.05, 0) is 25.0 Å². The molecule has 0 amide bonds. The van der Waals surface area contributed by atoms with E-state index in [1.807, 2.05) is 18.2 Å². The summed E-state index contributed by atoms with van der Waals surface area (Å²) in [6.07, 6.45) is 7.60. The van der Waals surface area contributed by atoms with Crippen molar-refractivity contribution in [3.63, 3.8) is 0 Å². The molecule has 1 N–H and O–H groups in total. The van der Waals surface area contributed by atoms with Gasteiger partial charge in [0.1, 0.15) is 5.56 Å². The van der Waals surface area contributed by atoms with Gasteiger partial charge in [-0.1, -0.05) is 18.9 Å². The predicted octanol–water partition coefficient (Wildman–Crippen LogP) is 2.62. The van der Waals surface area contributed by atoms with E-state index in [9.17, 15) is 9.90 Å². The summed E-state index contributed by atoms with van der Waals surface area (Å²) in [4.78, 5) is 15.5. The van der Waals surface area contributed by atoms with Crippen LogP contribution in [0, 0.1) is 0 Å². The van der Waals surface area contributed by atoms with Gasteiger partial charge in [-0.25, -0.2) is 14.5 Å². The van der Waals surface area contributed by atoms with Crippen LogP contribution in [0.25, 0.3) is 5.82 Å². The van der Waals surface area contributed by atoms with E-state index in [1.165, 1.54) is 0 Å². The fourth-order valence-electron chi connectivity index (χ4n) is 2.66. The lowest BCUT2D eigenvalue weighted by Gasteiger charge is -2.05. The summed E-state index contributed by atoms with van der Waals surface area (Å²) in [5.41, 5.74) is 1.01. The Bertz CT molecular complexity index is 586. The summed E-state index contributed by atoms with van der Waals surface area (Å²) >= 11 is 0. The number of rotatable bonds is 3. The third-order valence-electron chi connectivity index (χ3n) is 3.60. The molecule has 3 rings (SSSR count). The van der Waals surface area contributed by atoms with E-state index in [0.717, 1.165) is 25.7 Å². The van der Waals surface area contributed by atoms with Crippen molar-refractivity contribution in [3.8, 4) is 5.82 Å². The van der Waals surface area contributed by atoms with E-state index in [1.54, 1.807) is 17.1 Å². The van der Waals surface area contributed by atoms with E-state index in [0.29, 0.717) is 17.1 Å². The molecule has 0 atom stereocenters. The molecular formula is C14H15N3O2. The highest BCUT2D eigenvalue weighted by atomic mass is 16.4. The van der Waals surface area contributed by atoms with Gasteiger partial charge in [-0.3, -0.25) is 0 Å². The molecule has 0 aliphatic heterocycles. The summed E-state index contributed by atoms with van der Waals surface area (Å²) in [5.74, 6) is 0.00869. The van der Waals surface area contributed by atoms with Crippen LogP contribution in [0.15, 0.2) is 30.6 Å². The summed E-state index contributed by atoms with van der Waals surface area (Å²) in [6.45, 7) is 0. The summed E-state index contributed by atoms with van der Waals surface area (Å²) in [5, 5.41) is 13.8.